The third kappa shape index (κ3) is 4.89. The molecule has 3 N–H and O–H groups in total. The minimum absolute atomic E-state index is 0.124. The summed E-state index contributed by atoms with van der Waals surface area (Å²) in [6, 6.07) is 13.7. The summed E-state index contributed by atoms with van der Waals surface area (Å²) in [4.78, 5) is -0.377. The summed E-state index contributed by atoms with van der Waals surface area (Å²) in [6.45, 7) is 4.82. The molecule has 1 heterocycles. The number of nitrogens with two attached hydrogens (primary N) is 1. The van der Waals surface area contributed by atoms with E-state index in [9.17, 15) is 16.8 Å². The molecule has 0 aliphatic heterocycles. The number of primary sulfonamides is 1. The van der Waals surface area contributed by atoms with Crippen molar-refractivity contribution in [1.82, 2.24) is 9.78 Å². The van der Waals surface area contributed by atoms with Crippen LogP contribution < -0.4 is 10.5 Å². The molecule has 0 bridgehead atoms. The molecular weight excluding hydrogens is 424 g/mol. The third-order valence-corrected chi connectivity index (χ3v) is 6.89. The molecule has 10 heteroatoms. The Kier molecular flexibility index (Phi) is 6.02. The molecule has 0 amide bonds. The van der Waals surface area contributed by atoms with Gasteiger partial charge < -0.3 is 5.32 Å². The quantitative estimate of drug-likeness (QED) is 0.571. The number of nitrogens with zero attached hydrogens (tertiary/aromatic N) is 2. The fraction of sp³-hybridized carbons (Fsp3) is 0.250. The molecule has 30 heavy (non-hydrogen) atoms. The van der Waals surface area contributed by atoms with Gasteiger partial charge in [0.15, 0.2) is 9.84 Å². The highest BCUT2D eigenvalue weighted by Gasteiger charge is 2.19. The zero-order chi connectivity index (χ0) is 22.1. The SMILES string of the molecule is Cc1nn(Cc2ccccc2)c(C)c1CNc1ccc(S(N)(=O)=O)cc1S(C)(=O)=O. The Morgan fingerprint density at radius 1 is 1.03 bits per heavy atom. The van der Waals surface area contributed by atoms with Crippen molar-refractivity contribution >= 4 is 25.5 Å². The van der Waals surface area contributed by atoms with Crippen LogP contribution in [0.4, 0.5) is 5.69 Å². The minimum Gasteiger partial charge on any atom is -0.380 e. The number of aromatic nitrogens is 2. The van der Waals surface area contributed by atoms with Crippen LogP contribution in [0.25, 0.3) is 0 Å². The van der Waals surface area contributed by atoms with Gasteiger partial charge >= 0.3 is 0 Å². The molecule has 3 aromatic rings. The monoisotopic (exact) mass is 448 g/mol. The van der Waals surface area contributed by atoms with E-state index >= 15 is 0 Å². The first-order valence-corrected chi connectivity index (χ1v) is 12.6. The van der Waals surface area contributed by atoms with E-state index in [1.807, 2.05) is 48.9 Å². The standard InChI is InChI=1S/C20H24N4O4S2/c1-14-18(15(2)24(23-14)13-16-7-5-4-6-8-16)12-22-19-10-9-17(30(21,27)28)11-20(19)29(3,25)26/h4-11,22H,12-13H2,1-3H3,(H2,21,27,28). The van der Waals surface area contributed by atoms with Crippen LogP contribution in [-0.2, 0) is 33.0 Å². The smallest absolute Gasteiger partial charge is 0.238 e. The average Bonchev–Trinajstić information content (AvgIpc) is 2.92. The molecule has 0 spiro atoms. The Bertz CT molecular complexity index is 1280. The van der Waals surface area contributed by atoms with Gasteiger partial charge in [-0.05, 0) is 37.6 Å². The lowest BCUT2D eigenvalue weighted by atomic mass is 10.2. The van der Waals surface area contributed by atoms with Gasteiger partial charge in [0.05, 0.1) is 27.7 Å². The van der Waals surface area contributed by atoms with Crippen molar-refractivity contribution in [3.63, 3.8) is 0 Å². The maximum absolute atomic E-state index is 12.2. The minimum atomic E-state index is -4.01. The maximum Gasteiger partial charge on any atom is 0.238 e. The molecule has 0 aliphatic carbocycles. The van der Waals surface area contributed by atoms with Gasteiger partial charge in [-0.1, -0.05) is 30.3 Å². The van der Waals surface area contributed by atoms with Crippen molar-refractivity contribution < 1.29 is 16.8 Å². The highest BCUT2D eigenvalue weighted by Crippen LogP contribution is 2.26. The predicted octanol–water partition coefficient (Wildman–Crippen LogP) is 2.21. The van der Waals surface area contributed by atoms with Gasteiger partial charge in [0, 0.05) is 24.1 Å². The van der Waals surface area contributed by atoms with Crippen molar-refractivity contribution in [2.24, 2.45) is 5.14 Å². The van der Waals surface area contributed by atoms with Crippen LogP contribution in [0, 0.1) is 13.8 Å². The molecule has 2 aromatic carbocycles. The number of hydrogen-bond donors (Lipinski definition) is 2. The van der Waals surface area contributed by atoms with Crippen LogP contribution in [0.5, 0.6) is 0 Å². The van der Waals surface area contributed by atoms with E-state index in [0.717, 1.165) is 34.8 Å². The lowest BCUT2D eigenvalue weighted by Crippen LogP contribution is -2.14. The summed E-state index contributed by atoms with van der Waals surface area (Å²) < 4.78 is 49.5. The van der Waals surface area contributed by atoms with E-state index in [1.165, 1.54) is 12.1 Å². The highest BCUT2D eigenvalue weighted by atomic mass is 32.2. The second-order valence-electron chi connectivity index (χ2n) is 7.12. The van der Waals surface area contributed by atoms with Crippen LogP contribution >= 0.6 is 0 Å². The lowest BCUT2D eigenvalue weighted by Gasteiger charge is -2.13. The zero-order valence-electron chi connectivity index (χ0n) is 17.0. The molecule has 160 valence electrons. The van der Waals surface area contributed by atoms with Gasteiger partial charge in [-0.3, -0.25) is 4.68 Å². The highest BCUT2D eigenvalue weighted by molar-refractivity contribution is 7.91. The van der Waals surface area contributed by atoms with Crippen LogP contribution in [0.1, 0.15) is 22.5 Å². The largest absolute Gasteiger partial charge is 0.380 e. The first kappa shape index (κ1) is 22.0. The normalized spacial score (nSPS) is 12.1. The van der Waals surface area contributed by atoms with Crippen molar-refractivity contribution in [2.45, 2.75) is 36.7 Å². The first-order valence-electron chi connectivity index (χ1n) is 9.14. The molecular formula is C20H24N4O4S2. The summed E-state index contributed by atoms with van der Waals surface area (Å²) in [6.07, 6.45) is 1.02. The van der Waals surface area contributed by atoms with Crippen LogP contribution in [-0.4, -0.2) is 32.9 Å². The summed E-state index contributed by atoms with van der Waals surface area (Å²) in [5, 5.41) is 12.8. The average molecular weight is 449 g/mol. The number of rotatable bonds is 7. The van der Waals surface area contributed by atoms with Crippen LogP contribution in [0.2, 0.25) is 0 Å². The molecule has 0 saturated heterocycles. The number of benzene rings is 2. The van der Waals surface area contributed by atoms with Gasteiger partial charge in [0.25, 0.3) is 0 Å². The number of sulfonamides is 1. The maximum atomic E-state index is 12.2. The van der Waals surface area contributed by atoms with Crippen molar-refractivity contribution in [2.75, 3.05) is 11.6 Å². The molecule has 0 saturated carbocycles. The van der Waals surface area contributed by atoms with Gasteiger partial charge in [-0.25, -0.2) is 22.0 Å². The predicted molar refractivity (Wildman–Crippen MR) is 115 cm³/mol. The molecule has 0 radical (unpaired) electrons. The first-order chi connectivity index (χ1) is 14.0. The molecule has 0 atom stereocenters. The Labute approximate surface area is 176 Å². The Balaban J connectivity index is 1.89. The molecule has 8 nitrogen and oxygen atoms in total. The van der Waals surface area contributed by atoms with Crippen molar-refractivity contribution in [3.8, 4) is 0 Å². The van der Waals surface area contributed by atoms with Crippen molar-refractivity contribution in [1.29, 1.82) is 0 Å². The molecule has 0 aliphatic rings. The van der Waals surface area contributed by atoms with Crippen LogP contribution in [0.3, 0.4) is 0 Å². The second kappa shape index (κ2) is 8.21. The van der Waals surface area contributed by atoms with E-state index in [-0.39, 0.29) is 9.79 Å². The zero-order valence-corrected chi connectivity index (χ0v) is 18.6. The fourth-order valence-corrected chi connectivity index (χ4v) is 4.71. The lowest BCUT2D eigenvalue weighted by molar-refractivity contribution is 0.597. The van der Waals surface area contributed by atoms with E-state index in [4.69, 9.17) is 5.14 Å². The van der Waals surface area contributed by atoms with E-state index in [0.29, 0.717) is 18.8 Å². The van der Waals surface area contributed by atoms with Crippen molar-refractivity contribution in [3.05, 3.63) is 71.0 Å². The number of hydrogen-bond acceptors (Lipinski definition) is 6. The molecule has 0 fully saturated rings. The number of sulfone groups is 1. The fourth-order valence-electron chi connectivity index (χ4n) is 3.22. The Morgan fingerprint density at radius 3 is 2.30 bits per heavy atom. The number of aryl methyl sites for hydroxylation is 1. The van der Waals surface area contributed by atoms with Gasteiger partial charge in [-0.2, -0.15) is 5.10 Å². The van der Waals surface area contributed by atoms with Gasteiger partial charge in [0.2, 0.25) is 10.0 Å². The summed E-state index contributed by atoms with van der Waals surface area (Å²) in [7, 11) is -7.69. The summed E-state index contributed by atoms with van der Waals surface area (Å²) in [5.74, 6) is 0. The summed E-state index contributed by atoms with van der Waals surface area (Å²) >= 11 is 0. The number of nitrogens with one attached hydrogen (secondary N) is 1. The molecule has 1 aromatic heterocycles. The topological polar surface area (TPSA) is 124 Å². The van der Waals surface area contributed by atoms with E-state index < -0.39 is 19.9 Å². The van der Waals surface area contributed by atoms with Crippen LogP contribution in [0.15, 0.2) is 58.3 Å². The Morgan fingerprint density at radius 2 is 1.70 bits per heavy atom. The molecule has 3 rings (SSSR count). The van der Waals surface area contributed by atoms with Gasteiger partial charge in [-0.15, -0.1) is 0 Å². The van der Waals surface area contributed by atoms with Gasteiger partial charge in [0.1, 0.15) is 0 Å². The molecule has 0 unspecified atom stereocenters. The van der Waals surface area contributed by atoms with E-state index in [1.54, 1.807) is 0 Å². The second-order valence-corrected chi connectivity index (χ2v) is 10.7. The van der Waals surface area contributed by atoms with E-state index in [2.05, 4.69) is 10.4 Å². The third-order valence-electron chi connectivity index (χ3n) is 4.84. The summed E-state index contributed by atoms with van der Waals surface area (Å²) in [5.41, 5.74) is 4.17. The Hall–Kier alpha value is -2.69. The number of anilines is 1.